The first kappa shape index (κ1) is 22.8. The lowest BCUT2D eigenvalue weighted by Gasteiger charge is -2.26. The van der Waals surface area contributed by atoms with E-state index in [0.29, 0.717) is 38.2 Å². The highest BCUT2D eigenvalue weighted by Gasteiger charge is 2.26. The highest BCUT2D eigenvalue weighted by molar-refractivity contribution is 5.69. The van der Waals surface area contributed by atoms with Crippen molar-refractivity contribution in [2.24, 2.45) is 0 Å². The van der Waals surface area contributed by atoms with E-state index in [1.807, 2.05) is 20.8 Å². The number of fused-ring (bicyclic) bond motifs is 1. The molecular weight excluding hydrogens is 424 g/mol. The summed E-state index contributed by atoms with van der Waals surface area (Å²) in [5.41, 5.74) is 3.68. The van der Waals surface area contributed by atoms with Crippen molar-refractivity contribution in [1.82, 2.24) is 14.9 Å². The average molecular weight is 452 g/mol. The van der Waals surface area contributed by atoms with Crippen molar-refractivity contribution < 1.29 is 18.3 Å². The zero-order valence-corrected chi connectivity index (χ0v) is 19.1. The summed E-state index contributed by atoms with van der Waals surface area (Å²) in [5, 5.41) is 0. The van der Waals surface area contributed by atoms with E-state index in [2.05, 4.69) is 0 Å². The second kappa shape index (κ2) is 9.25. The molecule has 2 heterocycles. The quantitative estimate of drug-likeness (QED) is 0.539. The van der Waals surface area contributed by atoms with Crippen molar-refractivity contribution in [1.29, 1.82) is 0 Å². The molecule has 3 aromatic rings. The van der Waals surface area contributed by atoms with Gasteiger partial charge in [0.1, 0.15) is 23.1 Å². The predicted octanol–water partition coefficient (Wildman–Crippen LogP) is 5.35. The number of amides is 1. The van der Waals surface area contributed by atoms with E-state index in [1.165, 1.54) is 24.3 Å². The Hall–Kier alpha value is -3.35. The van der Waals surface area contributed by atoms with E-state index in [-0.39, 0.29) is 17.7 Å². The normalized spacial score (nSPS) is 13.9. The number of benzene rings is 2. The fourth-order valence-electron chi connectivity index (χ4n) is 3.87. The molecule has 1 aromatic heterocycles. The molecule has 0 radical (unpaired) electrons. The summed E-state index contributed by atoms with van der Waals surface area (Å²) in [6.45, 7) is 6.50. The minimum Gasteiger partial charge on any atom is -0.444 e. The first-order valence-electron chi connectivity index (χ1n) is 11.0. The van der Waals surface area contributed by atoms with Crippen LogP contribution in [-0.4, -0.2) is 39.7 Å². The van der Waals surface area contributed by atoms with Crippen LogP contribution in [0.2, 0.25) is 0 Å². The second-order valence-electron chi connectivity index (χ2n) is 9.19. The van der Waals surface area contributed by atoms with Crippen molar-refractivity contribution in [3.63, 3.8) is 0 Å². The molecular formula is C26H27F2N3O2. The Kier molecular flexibility index (Phi) is 6.40. The van der Waals surface area contributed by atoms with Gasteiger partial charge in [-0.25, -0.2) is 23.5 Å². The van der Waals surface area contributed by atoms with Crippen molar-refractivity contribution >= 4 is 6.09 Å². The van der Waals surface area contributed by atoms with Gasteiger partial charge in [0.15, 0.2) is 0 Å². The van der Waals surface area contributed by atoms with E-state index in [0.717, 1.165) is 28.1 Å². The number of carbonyl (C=O) groups excluding carboxylic acids is 1. The van der Waals surface area contributed by atoms with Crippen LogP contribution >= 0.6 is 0 Å². The third kappa shape index (κ3) is 5.72. The van der Waals surface area contributed by atoms with Crippen LogP contribution in [0.4, 0.5) is 13.6 Å². The van der Waals surface area contributed by atoms with Crippen LogP contribution < -0.4 is 0 Å². The Labute approximate surface area is 192 Å². The smallest absolute Gasteiger partial charge is 0.410 e. The van der Waals surface area contributed by atoms with E-state index in [9.17, 15) is 13.6 Å². The lowest BCUT2D eigenvalue weighted by molar-refractivity contribution is 0.0258. The molecule has 1 aliphatic heterocycles. The van der Waals surface area contributed by atoms with Gasteiger partial charge in [-0.15, -0.1) is 0 Å². The maximum absolute atomic E-state index is 13.6. The maximum Gasteiger partial charge on any atom is 0.410 e. The first-order chi connectivity index (χ1) is 15.7. The van der Waals surface area contributed by atoms with Gasteiger partial charge in [-0.05, 0) is 69.2 Å². The molecule has 0 N–H and O–H groups in total. The third-order valence-electron chi connectivity index (χ3n) is 5.43. The Morgan fingerprint density at radius 3 is 2.18 bits per heavy atom. The zero-order valence-electron chi connectivity index (χ0n) is 19.1. The second-order valence-corrected chi connectivity index (χ2v) is 9.19. The molecule has 0 atom stereocenters. The number of hydrogen-bond donors (Lipinski definition) is 0. The van der Waals surface area contributed by atoms with E-state index < -0.39 is 5.60 Å². The fraction of sp³-hybridized carbons (Fsp3) is 0.346. The molecule has 0 fully saturated rings. The summed E-state index contributed by atoms with van der Waals surface area (Å²) in [7, 11) is 0. The van der Waals surface area contributed by atoms with E-state index >= 15 is 0 Å². The van der Waals surface area contributed by atoms with E-state index in [1.54, 1.807) is 29.2 Å². The standard InChI is InChI=1S/C26H27F2N3O2/c1-26(2,3)33-25(32)31-14-12-21-22(13-15-31)29-23(16-17-4-8-19(27)9-5-17)30-24(21)18-6-10-20(28)11-7-18/h4-11H,12-16H2,1-3H3. The molecule has 7 heteroatoms. The van der Waals surface area contributed by atoms with Gasteiger partial charge in [0.2, 0.25) is 0 Å². The molecule has 5 nitrogen and oxygen atoms in total. The van der Waals surface area contributed by atoms with Crippen molar-refractivity contribution in [2.45, 2.75) is 45.6 Å². The molecule has 2 aromatic carbocycles. The van der Waals surface area contributed by atoms with Gasteiger partial charge in [-0.2, -0.15) is 0 Å². The molecule has 172 valence electrons. The number of nitrogens with zero attached hydrogens (tertiary/aromatic N) is 3. The molecule has 0 bridgehead atoms. The number of hydrogen-bond acceptors (Lipinski definition) is 4. The number of halogens is 2. The lowest BCUT2D eigenvalue weighted by atomic mass is 10.0. The predicted molar refractivity (Wildman–Crippen MR) is 122 cm³/mol. The van der Waals surface area contributed by atoms with E-state index in [4.69, 9.17) is 14.7 Å². The lowest BCUT2D eigenvalue weighted by Crippen LogP contribution is -2.38. The molecule has 0 aliphatic carbocycles. The summed E-state index contributed by atoms with van der Waals surface area (Å²) < 4.78 is 32.4. The fourth-order valence-corrected chi connectivity index (χ4v) is 3.87. The highest BCUT2D eigenvalue weighted by atomic mass is 19.1. The van der Waals surface area contributed by atoms with Crippen LogP contribution in [-0.2, 0) is 24.0 Å². The summed E-state index contributed by atoms with van der Waals surface area (Å²) in [5.74, 6) is -0.0113. The highest BCUT2D eigenvalue weighted by Crippen LogP contribution is 2.28. The Bertz CT molecular complexity index is 1140. The van der Waals surface area contributed by atoms with Crippen LogP contribution in [0, 0.1) is 11.6 Å². The third-order valence-corrected chi connectivity index (χ3v) is 5.43. The minimum absolute atomic E-state index is 0.296. The number of ether oxygens (including phenoxy) is 1. The molecule has 0 saturated carbocycles. The zero-order chi connectivity index (χ0) is 23.6. The first-order valence-corrected chi connectivity index (χ1v) is 11.0. The monoisotopic (exact) mass is 451 g/mol. The number of rotatable bonds is 3. The van der Waals surface area contributed by atoms with Crippen molar-refractivity contribution in [2.75, 3.05) is 13.1 Å². The topological polar surface area (TPSA) is 55.3 Å². The van der Waals surface area contributed by atoms with Gasteiger partial charge in [0.05, 0.1) is 5.69 Å². The van der Waals surface area contributed by atoms with Crippen LogP contribution in [0.15, 0.2) is 48.5 Å². The largest absolute Gasteiger partial charge is 0.444 e. The van der Waals surface area contributed by atoms with Crippen LogP contribution in [0.25, 0.3) is 11.3 Å². The van der Waals surface area contributed by atoms with Crippen molar-refractivity contribution in [3.8, 4) is 11.3 Å². The Morgan fingerprint density at radius 2 is 1.55 bits per heavy atom. The maximum atomic E-state index is 13.6. The molecule has 4 rings (SSSR count). The summed E-state index contributed by atoms with van der Waals surface area (Å²) >= 11 is 0. The molecule has 0 unspecified atom stereocenters. The van der Waals surface area contributed by atoms with Crippen molar-refractivity contribution in [3.05, 3.63) is 82.8 Å². The number of carbonyl (C=O) groups is 1. The molecule has 1 amide bonds. The van der Waals surface area contributed by atoms with Gasteiger partial charge < -0.3 is 9.64 Å². The minimum atomic E-state index is -0.572. The van der Waals surface area contributed by atoms with Gasteiger partial charge in [-0.1, -0.05) is 12.1 Å². The van der Waals surface area contributed by atoms with Gasteiger partial charge in [-0.3, -0.25) is 0 Å². The van der Waals surface area contributed by atoms with Crippen LogP contribution in [0.3, 0.4) is 0 Å². The molecule has 33 heavy (non-hydrogen) atoms. The Morgan fingerprint density at radius 1 is 0.939 bits per heavy atom. The number of aromatic nitrogens is 2. The molecule has 0 spiro atoms. The van der Waals surface area contributed by atoms with Gasteiger partial charge >= 0.3 is 6.09 Å². The summed E-state index contributed by atoms with van der Waals surface area (Å²) in [4.78, 5) is 24.0. The van der Waals surface area contributed by atoms with Gasteiger partial charge in [0, 0.05) is 42.8 Å². The van der Waals surface area contributed by atoms with Crippen LogP contribution in [0.1, 0.15) is 43.4 Å². The average Bonchev–Trinajstić information content (AvgIpc) is 2.97. The molecule has 0 saturated heterocycles. The summed E-state index contributed by atoms with van der Waals surface area (Å²) in [6, 6.07) is 12.5. The molecule has 1 aliphatic rings. The Balaban J connectivity index is 1.68. The van der Waals surface area contributed by atoms with Gasteiger partial charge in [0.25, 0.3) is 0 Å². The van der Waals surface area contributed by atoms with Crippen LogP contribution in [0.5, 0.6) is 0 Å². The summed E-state index contributed by atoms with van der Waals surface area (Å²) in [6.07, 6.45) is 1.22. The SMILES string of the molecule is CC(C)(C)OC(=O)N1CCc2nc(Cc3ccc(F)cc3)nc(-c3ccc(F)cc3)c2CC1.